The lowest BCUT2D eigenvalue weighted by Crippen LogP contribution is -2.52. The van der Waals surface area contributed by atoms with Crippen LogP contribution in [0.5, 0.6) is 11.5 Å². The molecular formula is C78H116Cl2F2N8O8S2. The van der Waals surface area contributed by atoms with Gasteiger partial charge in [-0.05, 0) is 197 Å². The van der Waals surface area contributed by atoms with E-state index in [1.165, 1.54) is 35.7 Å². The van der Waals surface area contributed by atoms with Gasteiger partial charge in [-0.25, -0.2) is 25.6 Å². The van der Waals surface area contributed by atoms with Crippen LogP contribution in [0.2, 0.25) is 10.0 Å². The molecule has 2 aliphatic heterocycles. The smallest absolute Gasteiger partial charge is 0.238 e. The Hall–Kier alpha value is -4.48. The minimum atomic E-state index is -3.60. The molecule has 22 heteroatoms. The summed E-state index contributed by atoms with van der Waals surface area (Å²) in [6, 6.07) is 21.1. The Balaban J connectivity index is 0.000000233. The van der Waals surface area contributed by atoms with Crippen LogP contribution < -0.4 is 20.1 Å². The standard InChI is InChI=1S/2C39H58ClFN4O4S/c2*1-25(2)35-28-12-13-29(19-28)37(35)42-38(46)33-16-17-50(47,48)45(33)22-27-11-9-10-26(18-27)21-44(30(23-43(6)7)20-39(3,4)5)24-31-32(40)14-15-34(49-8)36(31)41/h2*9-11,14-15,18,25,28-30,33,35,37H,12-13,16-17,19-24H2,1-8H3,(H,42,46)/t28-,29+,30+,33?,35+,37+;28-,29+,30-,33?,35+,37+/m10/s1. The number of hydrogen-bond donors (Lipinski definition) is 2. The van der Waals surface area contributed by atoms with Crippen LogP contribution in [0.4, 0.5) is 8.78 Å². The molecule has 0 spiro atoms. The summed E-state index contributed by atoms with van der Waals surface area (Å²) in [4.78, 5) is 36.5. The Morgan fingerprint density at radius 3 is 1.22 bits per heavy atom. The molecule has 6 fully saturated rings. The van der Waals surface area contributed by atoms with E-state index in [-0.39, 0.29) is 96.0 Å². The van der Waals surface area contributed by atoms with Crippen molar-refractivity contribution < 1.29 is 44.7 Å². The molecule has 4 aromatic carbocycles. The van der Waals surface area contributed by atoms with E-state index in [4.69, 9.17) is 32.7 Å². The fourth-order valence-electron chi connectivity index (χ4n) is 18.1. The number of amides is 2. The molecule has 4 bridgehead atoms. The molecule has 2 saturated heterocycles. The molecule has 12 atom stereocenters. The summed E-state index contributed by atoms with van der Waals surface area (Å²) < 4.78 is 98.3. The van der Waals surface area contributed by atoms with Crippen LogP contribution in [0.3, 0.4) is 0 Å². The third-order valence-electron chi connectivity index (χ3n) is 22.2. The van der Waals surface area contributed by atoms with Crippen molar-refractivity contribution in [3.63, 3.8) is 0 Å². The maximum atomic E-state index is 15.7. The molecule has 556 valence electrons. The van der Waals surface area contributed by atoms with E-state index >= 15 is 8.78 Å². The molecule has 100 heavy (non-hydrogen) atoms. The Bertz CT molecular complexity index is 3460. The summed E-state index contributed by atoms with van der Waals surface area (Å²) in [5, 5.41) is 7.40. The fourth-order valence-corrected chi connectivity index (χ4v) is 21.9. The Labute approximate surface area is 608 Å². The van der Waals surface area contributed by atoms with Crippen molar-refractivity contribution in [3.8, 4) is 11.5 Å². The summed E-state index contributed by atoms with van der Waals surface area (Å²) >= 11 is 13.2. The minimum Gasteiger partial charge on any atom is -0.494 e. The highest BCUT2D eigenvalue weighted by atomic mass is 35.5. The zero-order chi connectivity index (χ0) is 73.1. The number of carbonyl (C=O) groups is 2. The molecule has 2 N–H and O–H groups in total. The Morgan fingerprint density at radius 2 is 0.890 bits per heavy atom. The molecule has 10 rings (SSSR count). The summed E-state index contributed by atoms with van der Waals surface area (Å²) in [7, 11) is 3.84. The first-order valence-corrected chi connectivity index (χ1v) is 40.5. The summed E-state index contributed by atoms with van der Waals surface area (Å²) in [6.45, 7) is 25.4. The van der Waals surface area contributed by atoms with Gasteiger partial charge in [0.25, 0.3) is 0 Å². The molecule has 2 amide bonds. The number of ether oxygens (including phenoxy) is 2. The van der Waals surface area contributed by atoms with E-state index in [0.29, 0.717) is 94.4 Å². The van der Waals surface area contributed by atoms with Gasteiger partial charge in [-0.3, -0.25) is 19.4 Å². The topological polar surface area (TPSA) is 164 Å². The molecule has 2 unspecified atom stereocenters. The van der Waals surface area contributed by atoms with Gasteiger partial charge >= 0.3 is 0 Å². The number of rotatable bonds is 28. The lowest BCUT2D eigenvalue weighted by Gasteiger charge is -2.38. The van der Waals surface area contributed by atoms with E-state index in [2.05, 4.69) is 99.5 Å². The lowest BCUT2D eigenvalue weighted by molar-refractivity contribution is -0.127. The van der Waals surface area contributed by atoms with Crippen molar-refractivity contribution >= 4 is 55.1 Å². The van der Waals surface area contributed by atoms with Gasteiger partial charge in [-0.1, -0.05) is 141 Å². The van der Waals surface area contributed by atoms with Crippen molar-refractivity contribution in [1.29, 1.82) is 0 Å². The number of nitrogens with zero attached hydrogens (tertiary/aromatic N) is 6. The number of methoxy groups -OCH3 is 2. The number of hydrogen-bond acceptors (Lipinski definition) is 12. The SMILES string of the molecule is COc1ccc(Cl)c(CN(Cc2cccc(CN3C(C(=O)N[C@@H]4[C@@H]5CC[C@@H](C5)[C@H]4C(C)C)CCS3(=O)=O)c2)[C@H](CN(C)C)CC(C)(C)C)c1F.COc1ccc(Cl)c(CN(Cc2cccc(CN3C(C(=O)N[C@H]4[C@H]5CC[C@H](C5)[C@@H]4C(C)C)CCS3(=O)=O)c2)[C@H](CN(C)C)CC(C)(C)C)c1F. The van der Waals surface area contributed by atoms with Crippen LogP contribution in [-0.4, -0.2) is 160 Å². The number of carbonyl (C=O) groups excluding carboxylic acids is 2. The highest BCUT2D eigenvalue weighted by Crippen LogP contribution is 2.53. The van der Waals surface area contributed by atoms with E-state index in [1.54, 1.807) is 24.3 Å². The first-order chi connectivity index (χ1) is 46.9. The molecule has 0 aromatic heterocycles. The molecule has 16 nitrogen and oxygen atoms in total. The summed E-state index contributed by atoms with van der Waals surface area (Å²) in [5.41, 5.74) is 4.35. The molecule has 2 heterocycles. The van der Waals surface area contributed by atoms with Gasteiger partial charge in [0.1, 0.15) is 12.1 Å². The number of sulfonamides is 2. The van der Waals surface area contributed by atoms with Gasteiger partial charge < -0.3 is 29.9 Å². The average Bonchev–Trinajstić information content (AvgIpc) is 1.61. The third-order valence-corrected chi connectivity index (χ3v) is 26.6. The molecule has 0 radical (unpaired) electrons. The third kappa shape index (κ3) is 19.7. The normalized spacial score (nSPS) is 25.6. The molecule has 4 aliphatic carbocycles. The molecule has 6 aliphatic rings. The summed E-state index contributed by atoms with van der Waals surface area (Å²) in [5.74, 6) is 3.06. The van der Waals surface area contributed by atoms with Gasteiger partial charge in [0.2, 0.25) is 31.9 Å². The second-order valence-corrected chi connectivity index (χ2v) is 38.5. The van der Waals surface area contributed by atoms with Gasteiger partial charge in [0.15, 0.2) is 23.1 Å². The molecule has 4 saturated carbocycles. The van der Waals surface area contributed by atoms with Gasteiger partial charge in [0.05, 0.1) is 25.7 Å². The first kappa shape index (κ1) is 79.6. The largest absolute Gasteiger partial charge is 0.494 e. The Kier molecular flexibility index (Phi) is 26.5. The quantitative estimate of drug-likeness (QED) is 0.0554. The monoisotopic (exact) mass is 1460 g/mol. The van der Waals surface area contributed by atoms with Crippen molar-refractivity contribution in [1.82, 2.24) is 38.8 Å². The van der Waals surface area contributed by atoms with E-state index < -0.39 is 43.8 Å². The van der Waals surface area contributed by atoms with Crippen LogP contribution >= 0.6 is 23.2 Å². The van der Waals surface area contributed by atoms with E-state index in [0.717, 1.165) is 73.9 Å². The summed E-state index contributed by atoms with van der Waals surface area (Å²) in [6.07, 6.45) is 9.35. The number of benzene rings is 4. The van der Waals surface area contributed by atoms with Crippen LogP contribution in [0.15, 0.2) is 72.8 Å². The first-order valence-electron chi connectivity index (χ1n) is 36.5. The van der Waals surface area contributed by atoms with Gasteiger partial charge in [-0.2, -0.15) is 8.61 Å². The number of likely N-dealkylation sites (N-methyl/N-ethyl adjacent to an activating group) is 2. The number of fused-ring (bicyclic) bond motifs is 4. The minimum absolute atomic E-state index is 0.00439. The maximum Gasteiger partial charge on any atom is 0.238 e. The Morgan fingerprint density at radius 1 is 0.540 bits per heavy atom. The van der Waals surface area contributed by atoms with Crippen molar-refractivity contribution in [2.24, 2.45) is 58.2 Å². The predicted molar refractivity (Wildman–Crippen MR) is 398 cm³/mol. The van der Waals surface area contributed by atoms with Crippen molar-refractivity contribution in [3.05, 3.63) is 128 Å². The fraction of sp³-hybridized carbons (Fsp3) is 0.667. The van der Waals surface area contributed by atoms with E-state index in [1.807, 2.05) is 76.7 Å². The van der Waals surface area contributed by atoms with Gasteiger partial charge in [0, 0.05) is 97.7 Å². The lowest BCUT2D eigenvalue weighted by atomic mass is 9.77. The zero-order valence-corrected chi connectivity index (χ0v) is 65.6. The average molecular weight is 1470 g/mol. The van der Waals surface area contributed by atoms with Gasteiger partial charge in [-0.15, -0.1) is 0 Å². The van der Waals surface area contributed by atoms with Crippen LogP contribution in [0.1, 0.15) is 167 Å². The predicted octanol–water partition coefficient (Wildman–Crippen LogP) is 13.9. The number of halogens is 4. The zero-order valence-electron chi connectivity index (χ0n) is 62.4. The van der Waals surface area contributed by atoms with Crippen LogP contribution in [-0.2, 0) is 68.9 Å². The number of nitrogens with one attached hydrogen (secondary N) is 2. The second-order valence-electron chi connectivity index (χ2n) is 33.6. The highest BCUT2D eigenvalue weighted by Gasteiger charge is 2.53. The van der Waals surface area contributed by atoms with Crippen LogP contribution in [0, 0.1) is 69.8 Å². The van der Waals surface area contributed by atoms with Crippen molar-refractivity contribution in [2.75, 3.05) is 67.0 Å². The molecular weight excluding hydrogens is 1350 g/mol. The maximum absolute atomic E-state index is 15.7. The van der Waals surface area contributed by atoms with Crippen molar-refractivity contribution in [2.45, 2.75) is 209 Å². The highest BCUT2D eigenvalue weighted by molar-refractivity contribution is 7.89. The van der Waals surface area contributed by atoms with E-state index in [9.17, 15) is 26.4 Å². The molecule has 4 aromatic rings. The van der Waals surface area contributed by atoms with Crippen LogP contribution in [0.25, 0.3) is 0 Å². The second kappa shape index (κ2) is 33.3.